The van der Waals surface area contributed by atoms with Crippen molar-refractivity contribution >= 4 is 24.5 Å². The van der Waals surface area contributed by atoms with Gasteiger partial charge in [-0.05, 0) is 6.42 Å². The number of ether oxygens (including phenoxy) is 1. The van der Waals surface area contributed by atoms with Gasteiger partial charge < -0.3 is 9.64 Å². The molecule has 0 N–H and O–H groups in total. The molecule has 2 aromatic carbocycles. The lowest BCUT2D eigenvalue weighted by molar-refractivity contribution is 0.154. The van der Waals surface area contributed by atoms with Crippen molar-refractivity contribution in [2.75, 3.05) is 13.2 Å². The van der Waals surface area contributed by atoms with Crippen LogP contribution in [0.3, 0.4) is 0 Å². The molecule has 0 bridgehead atoms. The van der Waals surface area contributed by atoms with Crippen LogP contribution in [0.1, 0.15) is 13.3 Å². The van der Waals surface area contributed by atoms with Crippen LogP contribution in [-0.2, 0) is 4.74 Å². The molecule has 0 aliphatic carbocycles. The molecule has 1 saturated heterocycles. The Bertz CT molecular complexity index is 620. The Morgan fingerprint density at radius 3 is 1.96 bits per heavy atom. The quantitative estimate of drug-likeness (QED) is 0.791. The summed E-state index contributed by atoms with van der Waals surface area (Å²) in [6, 6.07) is 21.3. The third kappa shape index (κ3) is 2.79. The van der Waals surface area contributed by atoms with E-state index in [4.69, 9.17) is 4.74 Å². The van der Waals surface area contributed by atoms with Crippen LogP contribution in [0.25, 0.3) is 0 Å². The summed E-state index contributed by atoms with van der Waals surface area (Å²) in [6.07, 6.45) is 0.768. The molecule has 1 atom stereocenters. The predicted molar refractivity (Wildman–Crippen MR) is 95.9 cm³/mol. The molecule has 1 aliphatic rings. The predicted octanol–water partition coefficient (Wildman–Crippen LogP) is 2.65. The second-order valence-corrected chi connectivity index (χ2v) is 10.4. The zero-order chi connectivity index (χ0) is 16.3. The van der Waals surface area contributed by atoms with E-state index in [1.807, 2.05) is 17.0 Å². The fourth-order valence-electron chi connectivity index (χ4n) is 3.75. The van der Waals surface area contributed by atoms with Gasteiger partial charge in [0.25, 0.3) is 0 Å². The van der Waals surface area contributed by atoms with Crippen LogP contribution >= 0.6 is 0 Å². The second kappa shape index (κ2) is 6.58. The highest BCUT2D eigenvalue weighted by atomic mass is 28.3. The first kappa shape index (κ1) is 15.8. The van der Waals surface area contributed by atoms with E-state index >= 15 is 0 Å². The molecule has 3 rings (SSSR count). The summed E-state index contributed by atoms with van der Waals surface area (Å²) in [4.78, 5) is 14.2. The summed E-state index contributed by atoms with van der Waals surface area (Å²) >= 11 is 0. The van der Waals surface area contributed by atoms with E-state index in [1.54, 1.807) is 0 Å². The van der Waals surface area contributed by atoms with E-state index in [9.17, 15) is 4.79 Å². The topological polar surface area (TPSA) is 29.5 Å². The standard InChI is InChI=1S/C19H23NO2Si/c1-3-18(20-14-15-22-19(20)21)23(2,16-10-6-4-7-11-16)17-12-8-5-9-13-17/h4-13,18H,3,14-15H2,1-2H3. The molecule has 1 unspecified atom stereocenters. The Hall–Kier alpha value is -2.07. The van der Waals surface area contributed by atoms with Gasteiger partial charge in [0, 0.05) is 5.67 Å². The van der Waals surface area contributed by atoms with E-state index in [-0.39, 0.29) is 11.8 Å². The molecular formula is C19H23NO2Si. The number of rotatable bonds is 5. The van der Waals surface area contributed by atoms with Crippen LogP contribution in [0, 0.1) is 0 Å². The molecule has 2 aromatic rings. The number of amides is 1. The van der Waals surface area contributed by atoms with Crippen molar-refractivity contribution in [2.45, 2.75) is 25.6 Å². The zero-order valence-electron chi connectivity index (χ0n) is 13.7. The average Bonchev–Trinajstić information content (AvgIpc) is 3.03. The van der Waals surface area contributed by atoms with Crippen molar-refractivity contribution < 1.29 is 9.53 Å². The summed E-state index contributed by atoms with van der Waals surface area (Å²) in [6.45, 7) is 5.74. The van der Waals surface area contributed by atoms with Crippen LogP contribution in [0.15, 0.2) is 60.7 Å². The van der Waals surface area contributed by atoms with Crippen LogP contribution in [0.5, 0.6) is 0 Å². The summed E-state index contributed by atoms with van der Waals surface area (Å²) in [5.74, 6) is 0. The molecule has 0 aromatic heterocycles. The van der Waals surface area contributed by atoms with Gasteiger partial charge in [-0.3, -0.25) is 0 Å². The normalized spacial score (nSPS) is 16.3. The third-order valence-corrected chi connectivity index (χ3v) is 10.1. The van der Waals surface area contributed by atoms with Gasteiger partial charge in [0.05, 0.1) is 6.54 Å². The number of cyclic esters (lactones) is 1. The van der Waals surface area contributed by atoms with Crippen molar-refractivity contribution in [1.82, 2.24) is 4.90 Å². The number of carbonyl (C=O) groups is 1. The van der Waals surface area contributed by atoms with Gasteiger partial charge in [0.1, 0.15) is 14.7 Å². The lowest BCUT2D eigenvalue weighted by Crippen LogP contribution is -2.69. The molecule has 4 heteroatoms. The Balaban J connectivity index is 2.13. The van der Waals surface area contributed by atoms with E-state index in [2.05, 4.69) is 62.0 Å². The largest absolute Gasteiger partial charge is 0.448 e. The monoisotopic (exact) mass is 325 g/mol. The summed E-state index contributed by atoms with van der Waals surface area (Å²) in [7, 11) is -2.11. The van der Waals surface area contributed by atoms with Crippen molar-refractivity contribution in [3.8, 4) is 0 Å². The number of hydrogen-bond donors (Lipinski definition) is 0. The van der Waals surface area contributed by atoms with Gasteiger partial charge in [0.2, 0.25) is 0 Å². The van der Waals surface area contributed by atoms with Crippen molar-refractivity contribution in [3.05, 3.63) is 60.7 Å². The first-order chi connectivity index (χ1) is 11.2. The first-order valence-electron chi connectivity index (χ1n) is 8.22. The second-order valence-electron chi connectivity index (χ2n) is 6.17. The van der Waals surface area contributed by atoms with E-state index in [0.717, 1.165) is 6.42 Å². The maximum absolute atomic E-state index is 12.2. The lowest BCUT2D eigenvalue weighted by Gasteiger charge is -2.40. The fourth-order valence-corrected chi connectivity index (χ4v) is 8.30. The Labute approximate surface area is 138 Å². The Morgan fingerprint density at radius 1 is 1.04 bits per heavy atom. The maximum atomic E-state index is 12.2. The molecule has 120 valence electrons. The summed E-state index contributed by atoms with van der Waals surface area (Å²) < 4.78 is 5.22. The SMILES string of the molecule is CCC(N1CCOC1=O)[Si](C)(c1ccccc1)c1ccccc1. The average molecular weight is 325 g/mol. The number of benzene rings is 2. The van der Waals surface area contributed by atoms with Crippen LogP contribution in [-0.4, -0.2) is 37.9 Å². The molecule has 23 heavy (non-hydrogen) atoms. The molecule has 1 aliphatic heterocycles. The minimum absolute atomic E-state index is 0.164. The molecular weight excluding hydrogens is 302 g/mol. The molecule has 0 spiro atoms. The summed E-state index contributed by atoms with van der Waals surface area (Å²) in [5, 5.41) is 2.72. The Morgan fingerprint density at radius 2 is 1.57 bits per heavy atom. The minimum Gasteiger partial charge on any atom is -0.448 e. The molecule has 1 heterocycles. The van der Waals surface area contributed by atoms with E-state index < -0.39 is 8.07 Å². The van der Waals surface area contributed by atoms with Crippen LogP contribution in [0.4, 0.5) is 4.79 Å². The molecule has 1 amide bonds. The Kier molecular flexibility index (Phi) is 4.53. The van der Waals surface area contributed by atoms with Gasteiger partial charge in [-0.25, -0.2) is 4.79 Å². The zero-order valence-corrected chi connectivity index (χ0v) is 14.7. The van der Waals surface area contributed by atoms with Gasteiger partial charge in [-0.2, -0.15) is 0 Å². The van der Waals surface area contributed by atoms with Gasteiger partial charge >= 0.3 is 6.09 Å². The van der Waals surface area contributed by atoms with Gasteiger partial charge in [-0.1, -0.05) is 84.5 Å². The van der Waals surface area contributed by atoms with Crippen LogP contribution < -0.4 is 10.4 Å². The smallest absolute Gasteiger partial charge is 0.409 e. The molecule has 1 fully saturated rings. The lowest BCUT2D eigenvalue weighted by atomic mass is 10.4. The van der Waals surface area contributed by atoms with Crippen LogP contribution in [0.2, 0.25) is 6.55 Å². The molecule has 0 saturated carbocycles. The number of nitrogens with zero attached hydrogens (tertiary/aromatic N) is 1. The van der Waals surface area contributed by atoms with Crippen molar-refractivity contribution in [3.63, 3.8) is 0 Å². The number of hydrogen-bond acceptors (Lipinski definition) is 2. The molecule has 0 radical (unpaired) electrons. The highest BCUT2D eigenvalue weighted by Gasteiger charge is 2.45. The van der Waals surface area contributed by atoms with E-state index in [1.165, 1.54) is 10.4 Å². The molecule has 3 nitrogen and oxygen atoms in total. The highest BCUT2D eigenvalue weighted by molar-refractivity contribution is 7.02. The minimum atomic E-state index is -2.11. The highest BCUT2D eigenvalue weighted by Crippen LogP contribution is 2.22. The number of carbonyl (C=O) groups excluding carboxylic acids is 1. The summed E-state index contributed by atoms with van der Waals surface area (Å²) in [5.41, 5.74) is 0.197. The first-order valence-corrected chi connectivity index (χ1v) is 10.8. The van der Waals surface area contributed by atoms with Gasteiger partial charge in [0.15, 0.2) is 0 Å². The third-order valence-electron chi connectivity index (χ3n) is 4.97. The van der Waals surface area contributed by atoms with E-state index in [0.29, 0.717) is 13.2 Å². The van der Waals surface area contributed by atoms with Crippen molar-refractivity contribution in [2.24, 2.45) is 0 Å². The van der Waals surface area contributed by atoms with Crippen molar-refractivity contribution in [1.29, 1.82) is 0 Å². The fraction of sp³-hybridized carbons (Fsp3) is 0.316. The maximum Gasteiger partial charge on any atom is 0.409 e. The van der Waals surface area contributed by atoms with Gasteiger partial charge in [-0.15, -0.1) is 0 Å².